The molecule has 0 spiro atoms. The molecule has 102 valence electrons. The molecule has 3 rings (SSSR count). The van der Waals surface area contributed by atoms with Crippen molar-refractivity contribution >= 4 is 22.5 Å². The molecule has 0 saturated heterocycles. The summed E-state index contributed by atoms with van der Waals surface area (Å²) >= 11 is 0. The third kappa shape index (κ3) is 2.35. The van der Waals surface area contributed by atoms with Gasteiger partial charge in [-0.1, -0.05) is 6.07 Å². The summed E-state index contributed by atoms with van der Waals surface area (Å²) in [5, 5.41) is 3.21. The van der Waals surface area contributed by atoms with E-state index in [4.69, 9.17) is 10.2 Å². The molecule has 0 aliphatic carbocycles. The molecule has 0 radical (unpaired) electrons. The zero-order valence-electron chi connectivity index (χ0n) is 10.9. The number of rotatable bonds is 3. The van der Waals surface area contributed by atoms with Gasteiger partial charge >= 0.3 is 5.76 Å². The molecule has 3 aromatic rings. The second-order valence-electron chi connectivity index (χ2n) is 4.57. The van der Waals surface area contributed by atoms with Crippen LogP contribution in [0.2, 0.25) is 0 Å². The Bertz CT molecular complexity index is 819. The number of pyridine rings is 1. The number of oxazole rings is 1. The number of nitrogens with two attached hydrogens (primary N) is 1. The SMILES string of the molecule is Cc1cccc(CNc2cc3[nH]c(=O)oc3cc2N)n1. The number of hydrogen-bond donors (Lipinski definition) is 3. The number of nitrogens with one attached hydrogen (secondary N) is 2. The second-order valence-corrected chi connectivity index (χ2v) is 4.57. The van der Waals surface area contributed by atoms with Gasteiger partial charge in [0.15, 0.2) is 5.58 Å². The van der Waals surface area contributed by atoms with Crippen molar-refractivity contribution in [2.45, 2.75) is 13.5 Å². The number of nitrogen functional groups attached to an aromatic ring is 1. The molecule has 20 heavy (non-hydrogen) atoms. The highest BCUT2D eigenvalue weighted by atomic mass is 16.4. The van der Waals surface area contributed by atoms with Crippen LogP contribution in [0.15, 0.2) is 39.5 Å². The maximum Gasteiger partial charge on any atom is 0.417 e. The highest BCUT2D eigenvalue weighted by molar-refractivity contribution is 5.85. The predicted molar refractivity (Wildman–Crippen MR) is 77.5 cm³/mol. The minimum absolute atomic E-state index is 0.451. The average Bonchev–Trinajstić information content (AvgIpc) is 2.75. The van der Waals surface area contributed by atoms with E-state index in [2.05, 4.69) is 15.3 Å². The monoisotopic (exact) mass is 270 g/mol. The first kappa shape index (κ1) is 12.3. The summed E-state index contributed by atoms with van der Waals surface area (Å²) in [7, 11) is 0. The van der Waals surface area contributed by atoms with Crippen LogP contribution in [0.3, 0.4) is 0 Å². The van der Waals surface area contributed by atoms with E-state index in [-0.39, 0.29) is 0 Å². The molecule has 0 bridgehead atoms. The van der Waals surface area contributed by atoms with Crippen LogP contribution in [-0.4, -0.2) is 9.97 Å². The largest absolute Gasteiger partial charge is 0.417 e. The fraction of sp³-hybridized carbons (Fsp3) is 0.143. The van der Waals surface area contributed by atoms with Crippen molar-refractivity contribution in [3.63, 3.8) is 0 Å². The minimum Gasteiger partial charge on any atom is -0.408 e. The summed E-state index contributed by atoms with van der Waals surface area (Å²) in [6, 6.07) is 9.22. The number of anilines is 2. The number of aryl methyl sites for hydroxylation is 1. The summed E-state index contributed by atoms with van der Waals surface area (Å²) < 4.78 is 4.95. The average molecular weight is 270 g/mol. The molecule has 0 amide bonds. The van der Waals surface area contributed by atoms with Crippen molar-refractivity contribution in [1.29, 1.82) is 0 Å². The maximum atomic E-state index is 11.1. The van der Waals surface area contributed by atoms with Crippen LogP contribution >= 0.6 is 0 Å². The van der Waals surface area contributed by atoms with E-state index < -0.39 is 5.76 Å². The molecule has 4 N–H and O–H groups in total. The van der Waals surface area contributed by atoms with E-state index >= 15 is 0 Å². The highest BCUT2D eigenvalue weighted by Crippen LogP contribution is 2.24. The Hall–Kier alpha value is -2.76. The Morgan fingerprint density at radius 3 is 3.05 bits per heavy atom. The molecule has 0 aliphatic rings. The fourth-order valence-corrected chi connectivity index (χ4v) is 2.05. The van der Waals surface area contributed by atoms with Crippen LogP contribution < -0.4 is 16.8 Å². The summed E-state index contributed by atoms with van der Waals surface area (Å²) in [5.41, 5.74) is 10.1. The number of fused-ring (bicyclic) bond motifs is 1. The summed E-state index contributed by atoms with van der Waals surface area (Å²) in [6.07, 6.45) is 0. The van der Waals surface area contributed by atoms with Crippen molar-refractivity contribution in [3.8, 4) is 0 Å². The molecule has 0 saturated carbocycles. The molecule has 6 nitrogen and oxygen atoms in total. The van der Waals surface area contributed by atoms with E-state index in [1.165, 1.54) is 0 Å². The number of aromatic amines is 1. The van der Waals surface area contributed by atoms with Gasteiger partial charge in [0.1, 0.15) is 0 Å². The number of nitrogens with zero attached hydrogens (tertiary/aromatic N) is 1. The Morgan fingerprint density at radius 2 is 2.25 bits per heavy atom. The molecule has 0 unspecified atom stereocenters. The van der Waals surface area contributed by atoms with Crippen LogP contribution in [-0.2, 0) is 6.54 Å². The highest BCUT2D eigenvalue weighted by Gasteiger charge is 2.06. The first-order valence-electron chi connectivity index (χ1n) is 6.20. The van der Waals surface area contributed by atoms with Crippen molar-refractivity contribution in [2.75, 3.05) is 11.1 Å². The quantitative estimate of drug-likeness (QED) is 0.633. The maximum absolute atomic E-state index is 11.1. The number of hydrogen-bond acceptors (Lipinski definition) is 5. The molecule has 2 aromatic heterocycles. The lowest BCUT2D eigenvalue weighted by Gasteiger charge is -2.09. The van der Waals surface area contributed by atoms with Crippen molar-refractivity contribution in [3.05, 3.63) is 52.3 Å². The summed E-state index contributed by atoms with van der Waals surface area (Å²) in [4.78, 5) is 18.1. The Balaban J connectivity index is 1.86. The smallest absolute Gasteiger partial charge is 0.408 e. The molecule has 0 aliphatic heterocycles. The lowest BCUT2D eigenvalue weighted by Crippen LogP contribution is -2.04. The molecule has 0 fully saturated rings. The van der Waals surface area contributed by atoms with E-state index in [9.17, 15) is 4.79 Å². The van der Waals surface area contributed by atoms with Crippen molar-refractivity contribution in [1.82, 2.24) is 9.97 Å². The fourth-order valence-electron chi connectivity index (χ4n) is 2.05. The van der Waals surface area contributed by atoms with E-state index in [0.717, 1.165) is 17.1 Å². The van der Waals surface area contributed by atoms with Gasteiger partial charge in [-0.25, -0.2) is 4.79 Å². The lowest BCUT2D eigenvalue weighted by molar-refractivity contribution is 0.555. The Labute approximate surface area is 114 Å². The minimum atomic E-state index is -0.489. The normalized spacial score (nSPS) is 10.8. The van der Waals surface area contributed by atoms with E-state index in [0.29, 0.717) is 23.3 Å². The van der Waals surface area contributed by atoms with Gasteiger partial charge in [-0.15, -0.1) is 0 Å². The van der Waals surface area contributed by atoms with Crippen LogP contribution in [0.5, 0.6) is 0 Å². The lowest BCUT2D eigenvalue weighted by atomic mass is 10.2. The summed E-state index contributed by atoms with van der Waals surface area (Å²) in [6.45, 7) is 2.50. The molecular weight excluding hydrogens is 256 g/mol. The van der Waals surface area contributed by atoms with Crippen LogP contribution in [0.25, 0.3) is 11.1 Å². The molecular formula is C14H14N4O2. The van der Waals surface area contributed by atoms with Crippen LogP contribution in [0.4, 0.5) is 11.4 Å². The van der Waals surface area contributed by atoms with Gasteiger partial charge in [-0.2, -0.15) is 0 Å². The first-order valence-corrected chi connectivity index (χ1v) is 6.20. The molecule has 1 aromatic carbocycles. The van der Waals surface area contributed by atoms with Gasteiger partial charge < -0.3 is 15.5 Å². The van der Waals surface area contributed by atoms with Crippen LogP contribution in [0.1, 0.15) is 11.4 Å². The van der Waals surface area contributed by atoms with Gasteiger partial charge in [0.2, 0.25) is 0 Å². The zero-order chi connectivity index (χ0) is 14.1. The van der Waals surface area contributed by atoms with Gasteiger partial charge in [0, 0.05) is 11.8 Å². The molecule has 6 heteroatoms. The standard InChI is InChI=1S/C14H14N4O2/c1-8-3-2-4-9(17-8)7-16-11-6-12-13(5-10(11)15)20-14(19)18-12/h2-6,16H,7,15H2,1H3,(H,18,19). The van der Waals surface area contributed by atoms with Crippen molar-refractivity contribution in [2.24, 2.45) is 0 Å². The van der Waals surface area contributed by atoms with E-state index in [1.807, 2.05) is 25.1 Å². The van der Waals surface area contributed by atoms with Crippen LogP contribution in [0, 0.1) is 6.92 Å². The zero-order valence-corrected chi connectivity index (χ0v) is 10.9. The van der Waals surface area contributed by atoms with Gasteiger partial charge in [-0.3, -0.25) is 9.97 Å². The Morgan fingerprint density at radius 1 is 1.40 bits per heavy atom. The predicted octanol–water partition coefficient (Wildman–Crippen LogP) is 2.02. The first-order chi connectivity index (χ1) is 9.61. The molecule has 2 heterocycles. The van der Waals surface area contributed by atoms with Gasteiger partial charge in [0.25, 0.3) is 0 Å². The molecule has 0 atom stereocenters. The Kier molecular flexibility index (Phi) is 2.90. The van der Waals surface area contributed by atoms with Crippen molar-refractivity contribution < 1.29 is 4.42 Å². The third-order valence-electron chi connectivity index (χ3n) is 3.00. The number of aromatic nitrogens is 2. The number of H-pyrrole nitrogens is 1. The topological polar surface area (TPSA) is 96.9 Å². The number of benzene rings is 1. The third-order valence-corrected chi connectivity index (χ3v) is 3.00. The van der Waals surface area contributed by atoms with Gasteiger partial charge in [-0.05, 0) is 25.1 Å². The van der Waals surface area contributed by atoms with Gasteiger partial charge in [0.05, 0.1) is 29.1 Å². The summed E-state index contributed by atoms with van der Waals surface area (Å²) in [5.74, 6) is -0.489. The van der Waals surface area contributed by atoms with E-state index in [1.54, 1.807) is 12.1 Å². The second kappa shape index (κ2) is 4.73.